The highest BCUT2D eigenvalue weighted by Crippen LogP contribution is 2.24. The molecule has 1 unspecified atom stereocenters. The summed E-state index contributed by atoms with van der Waals surface area (Å²) in [5, 5.41) is 2.31. The van der Waals surface area contributed by atoms with Gasteiger partial charge >= 0.3 is 5.97 Å². The van der Waals surface area contributed by atoms with Gasteiger partial charge < -0.3 is 10.5 Å². The minimum Gasteiger partial charge on any atom is -0.468 e. The second kappa shape index (κ2) is 3.89. The number of carbonyl (C=O) groups excluding carboxylic acids is 1. The quantitative estimate of drug-likeness (QED) is 0.746. The number of methoxy groups -OCH3 is 1. The first-order valence-electron chi connectivity index (χ1n) is 3.22. The summed E-state index contributed by atoms with van der Waals surface area (Å²) in [7, 11) is 1.30. The number of rotatable bonds is 2. The number of esters is 1. The van der Waals surface area contributed by atoms with Crippen LogP contribution in [0.4, 0.5) is 0 Å². The smallest absolute Gasteiger partial charge is 0.328 e. The molecule has 0 amide bonds. The SMILES string of the molecule is COC(=O)C(N)c1cc(Cl)cs1. The van der Waals surface area contributed by atoms with Crippen LogP contribution in [-0.2, 0) is 9.53 Å². The van der Waals surface area contributed by atoms with Gasteiger partial charge in [-0.25, -0.2) is 4.79 Å². The van der Waals surface area contributed by atoms with Gasteiger partial charge in [0.2, 0.25) is 0 Å². The van der Waals surface area contributed by atoms with Gasteiger partial charge in [0.05, 0.1) is 12.1 Å². The van der Waals surface area contributed by atoms with Crippen molar-refractivity contribution in [2.75, 3.05) is 7.11 Å². The largest absolute Gasteiger partial charge is 0.468 e. The molecule has 2 N–H and O–H groups in total. The Labute approximate surface area is 79.1 Å². The fourth-order valence-corrected chi connectivity index (χ4v) is 1.80. The van der Waals surface area contributed by atoms with E-state index in [1.165, 1.54) is 18.4 Å². The molecule has 0 aliphatic rings. The summed E-state index contributed by atoms with van der Waals surface area (Å²) in [4.78, 5) is 11.7. The molecule has 0 spiro atoms. The van der Waals surface area contributed by atoms with Crippen molar-refractivity contribution in [3.8, 4) is 0 Å². The zero-order valence-electron chi connectivity index (χ0n) is 6.41. The molecular formula is C7H8ClNO2S. The Kier molecular flexibility index (Phi) is 3.08. The fraction of sp³-hybridized carbons (Fsp3) is 0.286. The summed E-state index contributed by atoms with van der Waals surface area (Å²) in [5.41, 5.74) is 5.54. The third-order valence-electron chi connectivity index (χ3n) is 1.35. The molecule has 1 atom stereocenters. The number of thiophene rings is 1. The number of carbonyl (C=O) groups is 1. The van der Waals surface area contributed by atoms with Crippen LogP contribution in [0.3, 0.4) is 0 Å². The lowest BCUT2D eigenvalue weighted by molar-refractivity contribution is -0.142. The van der Waals surface area contributed by atoms with Gasteiger partial charge in [0.25, 0.3) is 0 Å². The Balaban J connectivity index is 2.77. The summed E-state index contributed by atoms with van der Waals surface area (Å²) >= 11 is 7.00. The number of ether oxygens (including phenoxy) is 1. The maximum absolute atomic E-state index is 10.9. The van der Waals surface area contributed by atoms with Crippen LogP contribution in [0.5, 0.6) is 0 Å². The van der Waals surface area contributed by atoms with Crippen LogP contribution in [-0.4, -0.2) is 13.1 Å². The van der Waals surface area contributed by atoms with E-state index < -0.39 is 12.0 Å². The standard InChI is InChI=1S/C7H8ClNO2S/c1-11-7(10)6(9)5-2-4(8)3-12-5/h2-3,6H,9H2,1H3. The molecule has 0 aliphatic heterocycles. The predicted octanol–water partition coefficient (Wildman–Crippen LogP) is 1.57. The molecule has 0 radical (unpaired) electrons. The molecule has 1 aromatic rings. The lowest BCUT2D eigenvalue weighted by atomic mass is 10.2. The van der Waals surface area contributed by atoms with Gasteiger partial charge in [-0.1, -0.05) is 11.6 Å². The molecular weight excluding hydrogens is 198 g/mol. The van der Waals surface area contributed by atoms with Crippen LogP contribution in [0.15, 0.2) is 11.4 Å². The second-order valence-corrected chi connectivity index (χ2v) is 3.55. The first kappa shape index (κ1) is 9.51. The van der Waals surface area contributed by atoms with Crippen LogP contribution in [0.2, 0.25) is 5.02 Å². The van der Waals surface area contributed by atoms with Crippen molar-refractivity contribution in [2.24, 2.45) is 5.73 Å². The summed E-state index contributed by atoms with van der Waals surface area (Å²) in [6.45, 7) is 0. The molecule has 0 saturated carbocycles. The molecule has 0 fully saturated rings. The van der Waals surface area contributed by atoms with Crippen molar-refractivity contribution in [1.29, 1.82) is 0 Å². The van der Waals surface area contributed by atoms with Gasteiger partial charge in [-0.2, -0.15) is 0 Å². The lowest BCUT2D eigenvalue weighted by Gasteiger charge is -2.05. The summed E-state index contributed by atoms with van der Waals surface area (Å²) in [5.74, 6) is -0.450. The van der Waals surface area contributed by atoms with Crippen molar-refractivity contribution < 1.29 is 9.53 Å². The summed E-state index contributed by atoms with van der Waals surface area (Å²) in [6.07, 6.45) is 0. The average Bonchev–Trinajstić information content (AvgIpc) is 2.49. The van der Waals surface area contributed by atoms with Crippen LogP contribution in [0, 0.1) is 0 Å². The van der Waals surface area contributed by atoms with Crippen LogP contribution in [0.1, 0.15) is 10.9 Å². The Morgan fingerprint density at radius 3 is 2.92 bits per heavy atom. The van der Waals surface area contributed by atoms with Crippen molar-refractivity contribution in [1.82, 2.24) is 0 Å². The zero-order chi connectivity index (χ0) is 9.14. The summed E-state index contributed by atoms with van der Waals surface area (Å²) < 4.78 is 4.48. The highest BCUT2D eigenvalue weighted by Gasteiger charge is 2.17. The minimum absolute atomic E-state index is 0.450. The van der Waals surface area contributed by atoms with Crippen LogP contribution >= 0.6 is 22.9 Å². The first-order valence-corrected chi connectivity index (χ1v) is 4.48. The molecule has 1 heterocycles. The third-order valence-corrected chi connectivity index (χ3v) is 2.71. The molecule has 0 bridgehead atoms. The first-order chi connectivity index (χ1) is 5.65. The van der Waals surface area contributed by atoms with Gasteiger partial charge in [0.1, 0.15) is 6.04 Å². The molecule has 0 saturated heterocycles. The molecule has 12 heavy (non-hydrogen) atoms. The average molecular weight is 206 g/mol. The summed E-state index contributed by atoms with van der Waals surface area (Å²) in [6, 6.07) is 0.945. The molecule has 0 aliphatic carbocycles. The lowest BCUT2D eigenvalue weighted by Crippen LogP contribution is -2.21. The third kappa shape index (κ3) is 1.97. The van der Waals surface area contributed by atoms with E-state index in [2.05, 4.69) is 4.74 Å². The number of hydrogen-bond donors (Lipinski definition) is 1. The molecule has 1 rings (SSSR count). The Bertz CT molecular complexity index is 287. The molecule has 3 nitrogen and oxygen atoms in total. The van der Waals surface area contributed by atoms with E-state index in [0.29, 0.717) is 9.90 Å². The Hall–Kier alpha value is -0.580. The van der Waals surface area contributed by atoms with E-state index in [9.17, 15) is 4.79 Å². The molecule has 1 aromatic heterocycles. The molecule has 66 valence electrons. The van der Waals surface area contributed by atoms with Crippen LogP contribution < -0.4 is 5.73 Å². The highest BCUT2D eigenvalue weighted by atomic mass is 35.5. The number of nitrogens with two attached hydrogens (primary N) is 1. The monoisotopic (exact) mass is 205 g/mol. The Morgan fingerprint density at radius 1 is 1.83 bits per heavy atom. The van der Waals surface area contributed by atoms with E-state index in [0.717, 1.165) is 0 Å². The van der Waals surface area contributed by atoms with Crippen molar-refractivity contribution >= 4 is 28.9 Å². The van der Waals surface area contributed by atoms with Gasteiger partial charge in [-0.15, -0.1) is 11.3 Å². The minimum atomic E-state index is -0.715. The van der Waals surface area contributed by atoms with Gasteiger partial charge in [0.15, 0.2) is 0 Å². The number of hydrogen-bond acceptors (Lipinski definition) is 4. The van der Waals surface area contributed by atoms with Gasteiger partial charge in [-0.05, 0) is 6.07 Å². The topological polar surface area (TPSA) is 52.3 Å². The maximum atomic E-state index is 10.9. The van der Waals surface area contributed by atoms with E-state index >= 15 is 0 Å². The van der Waals surface area contributed by atoms with Crippen LogP contribution in [0.25, 0.3) is 0 Å². The van der Waals surface area contributed by atoms with E-state index in [4.69, 9.17) is 17.3 Å². The predicted molar refractivity (Wildman–Crippen MR) is 48.3 cm³/mol. The zero-order valence-corrected chi connectivity index (χ0v) is 7.98. The molecule has 0 aromatic carbocycles. The van der Waals surface area contributed by atoms with E-state index in [1.54, 1.807) is 11.4 Å². The Morgan fingerprint density at radius 2 is 2.50 bits per heavy atom. The van der Waals surface area contributed by atoms with Gasteiger partial charge in [0, 0.05) is 10.3 Å². The van der Waals surface area contributed by atoms with E-state index in [-0.39, 0.29) is 0 Å². The van der Waals surface area contributed by atoms with Crippen molar-refractivity contribution in [3.63, 3.8) is 0 Å². The molecule has 5 heteroatoms. The van der Waals surface area contributed by atoms with Crippen molar-refractivity contribution in [3.05, 3.63) is 21.3 Å². The normalized spacial score (nSPS) is 12.6. The number of halogens is 1. The van der Waals surface area contributed by atoms with Gasteiger partial charge in [-0.3, -0.25) is 0 Å². The fourth-order valence-electron chi connectivity index (χ4n) is 0.734. The van der Waals surface area contributed by atoms with Crippen molar-refractivity contribution in [2.45, 2.75) is 6.04 Å². The second-order valence-electron chi connectivity index (χ2n) is 2.17. The maximum Gasteiger partial charge on any atom is 0.328 e. The highest BCUT2D eigenvalue weighted by molar-refractivity contribution is 7.10. The van der Waals surface area contributed by atoms with E-state index in [1.807, 2.05) is 0 Å².